The first-order valence-corrected chi connectivity index (χ1v) is 5.57. The molecular formula is C12H15ClO3. The van der Waals surface area contributed by atoms with Crippen LogP contribution in [0.1, 0.15) is 29.8 Å². The molecule has 0 aliphatic carbocycles. The number of hydrogen-bond donors (Lipinski definition) is 1. The van der Waals surface area contributed by atoms with E-state index in [9.17, 15) is 4.79 Å². The van der Waals surface area contributed by atoms with E-state index in [-0.39, 0.29) is 6.42 Å². The van der Waals surface area contributed by atoms with Crippen molar-refractivity contribution in [1.29, 1.82) is 0 Å². The molecule has 3 nitrogen and oxygen atoms in total. The molecule has 0 saturated heterocycles. The van der Waals surface area contributed by atoms with Gasteiger partial charge in [0.1, 0.15) is 5.75 Å². The summed E-state index contributed by atoms with van der Waals surface area (Å²) in [4.78, 5) is 10.6. The Balaban J connectivity index is 2.98. The van der Waals surface area contributed by atoms with Crippen LogP contribution in [0.2, 0.25) is 0 Å². The van der Waals surface area contributed by atoms with Crippen molar-refractivity contribution in [2.45, 2.75) is 25.6 Å². The first-order valence-electron chi connectivity index (χ1n) is 5.13. The molecule has 1 rings (SSSR count). The van der Waals surface area contributed by atoms with Crippen molar-refractivity contribution in [3.63, 3.8) is 0 Å². The van der Waals surface area contributed by atoms with Crippen LogP contribution in [0.15, 0.2) is 18.2 Å². The van der Waals surface area contributed by atoms with Gasteiger partial charge in [0.15, 0.2) is 0 Å². The molecule has 1 aromatic carbocycles. The van der Waals surface area contributed by atoms with Crippen molar-refractivity contribution in [3.05, 3.63) is 29.3 Å². The van der Waals surface area contributed by atoms with E-state index < -0.39 is 11.3 Å². The number of aliphatic carboxylic acids is 1. The van der Waals surface area contributed by atoms with E-state index in [4.69, 9.17) is 21.4 Å². The van der Waals surface area contributed by atoms with Gasteiger partial charge in [0.25, 0.3) is 0 Å². The largest absolute Gasteiger partial charge is 0.494 e. The van der Waals surface area contributed by atoms with Crippen LogP contribution in [0.5, 0.6) is 5.75 Å². The highest BCUT2D eigenvalue weighted by Crippen LogP contribution is 2.33. The zero-order chi connectivity index (χ0) is 12.1. The number of alkyl halides is 1. The zero-order valence-corrected chi connectivity index (χ0v) is 10.1. The third-order valence-electron chi connectivity index (χ3n) is 2.16. The summed E-state index contributed by atoms with van der Waals surface area (Å²) in [6.07, 6.45) is -0.106. The van der Waals surface area contributed by atoms with Gasteiger partial charge in [0.05, 0.1) is 18.4 Å². The number of carboxylic acid groups (broad SMARTS) is 1. The smallest absolute Gasteiger partial charge is 0.305 e. The van der Waals surface area contributed by atoms with Crippen molar-refractivity contribution in [2.24, 2.45) is 0 Å². The average Bonchev–Trinajstić information content (AvgIpc) is 2.20. The van der Waals surface area contributed by atoms with Crippen molar-refractivity contribution < 1.29 is 14.6 Å². The van der Waals surface area contributed by atoms with E-state index in [2.05, 4.69) is 0 Å². The van der Waals surface area contributed by atoms with Crippen molar-refractivity contribution in [1.82, 2.24) is 0 Å². The Bertz CT molecular complexity index is 377. The normalized spacial score (nSPS) is 12.2. The summed E-state index contributed by atoms with van der Waals surface area (Å²) in [6, 6.07) is 5.61. The second-order valence-electron chi connectivity index (χ2n) is 3.54. The van der Waals surface area contributed by atoms with Gasteiger partial charge in [-0.05, 0) is 19.9 Å². The lowest BCUT2D eigenvalue weighted by Gasteiger charge is -2.14. The first-order chi connectivity index (χ1) is 7.54. The minimum absolute atomic E-state index is 0.106. The highest BCUT2D eigenvalue weighted by Gasteiger charge is 2.17. The number of halogens is 1. The lowest BCUT2D eigenvalue weighted by Crippen LogP contribution is -2.04. The maximum atomic E-state index is 10.6. The van der Waals surface area contributed by atoms with E-state index in [1.165, 1.54) is 0 Å². The molecule has 0 saturated carbocycles. The molecule has 0 aliphatic rings. The average molecular weight is 243 g/mol. The fourth-order valence-corrected chi connectivity index (χ4v) is 1.77. The van der Waals surface area contributed by atoms with Crippen molar-refractivity contribution in [2.75, 3.05) is 6.61 Å². The molecule has 1 aromatic rings. The number of carbonyl (C=O) groups is 1. The number of ether oxygens (including phenoxy) is 1. The Morgan fingerprint density at radius 1 is 1.56 bits per heavy atom. The minimum Gasteiger partial charge on any atom is -0.494 e. The fraction of sp³-hybridized carbons (Fsp3) is 0.417. The number of rotatable bonds is 5. The molecule has 0 aliphatic heterocycles. The molecule has 0 amide bonds. The second kappa shape index (κ2) is 5.75. The Kier molecular flexibility index (Phi) is 4.62. The van der Waals surface area contributed by atoms with Crippen LogP contribution in [0.4, 0.5) is 0 Å². The molecule has 0 bridgehead atoms. The molecule has 1 unspecified atom stereocenters. The highest BCUT2D eigenvalue weighted by atomic mass is 35.5. The standard InChI is InChI=1S/C12H15ClO3/c1-3-16-11-5-4-8(2)6-9(11)10(13)7-12(14)15/h4-6,10H,3,7H2,1-2H3,(H,14,15). The second-order valence-corrected chi connectivity index (χ2v) is 4.07. The first kappa shape index (κ1) is 12.8. The number of carboxylic acids is 1. The van der Waals surface area contributed by atoms with Gasteiger partial charge >= 0.3 is 5.97 Å². The van der Waals surface area contributed by atoms with E-state index in [1.807, 2.05) is 32.0 Å². The van der Waals surface area contributed by atoms with E-state index in [0.717, 1.165) is 11.1 Å². The zero-order valence-electron chi connectivity index (χ0n) is 9.37. The van der Waals surface area contributed by atoms with Gasteiger partial charge in [-0.3, -0.25) is 4.79 Å². The van der Waals surface area contributed by atoms with Crippen LogP contribution >= 0.6 is 11.6 Å². The Hall–Kier alpha value is -1.22. The number of aryl methyl sites for hydroxylation is 1. The monoisotopic (exact) mass is 242 g/mol. The Morgan fingerprint density at radius 3 is 2.81 bits per heavy atom. The molecule has 0 radical (unpaired) electrons. The van der Waals surface area contributed by atoms with Crippen molar-refractivity contribution in [3.8, 4) is 5.75 Å². The van der Waals surface area contributed by atoms with Gasteiger partial charge in [-0.25, -0.2) is 0 Å². The summed E-state index contributed by atoms with van der Waals surface area (Å²) in [5.74, 6) is -0.252. The van der Waals surface area contributed by atoms with Crippen LogP contribution in [0.3, 0.4) is 0 Å². The SMILES string of the molecule is CCOc1ccc(C)cc1C(Cl)CC(=O)O. The lowest BCUT2D eigenvalue weighted by atomic mass is 10.1. The molecule has 1 N–H and O–H groups in total. The summed E-state index contributed by atoms with van der Waals surface area (Å²) in [7, 11) is 0. The van der Waals surface area contributed by atoms with E-state index in [0.29, 0.717) is 12.4 Å². The molecule has 0 fully saturated rings. The van der Waals surface area contributed by atoms with Gasteiger partial charge in [0.2, 0.25) is 0 Å². The van der Waals surface area contributed by atoms with E-state index >= 15 is 0 Å². The van der Waals surface area contributed by atoms with Crippen LogP contribution < -0.4 is 4.74 Å². The Morgan fingerprint density at radius 2 is 2.25 bits per heavy atom. The van der Waals surface area contributed by atoms with E-state index in [1.54, 1.807) is 0 Å². The molecule has 1 atom stereocenters. The van der Waals surface area contributed by atoms with Crippen LogP contribution in [0.25, 0.3) is 0 Å². The van der Waals surface area contributed by atoms with Gasteiger partial charge < -0.3 is 9.84 Å². The molecule has 0 spiro atoms. The molecular weight excluding hydrogens is 228 g/mol. The number of hydrogen-bond acceptors (Lipinski definition) is 2. The molecule has 16 heavy (non-hydrogen) atoms. The third-order valence-corrected chi connectivity index (χ3v) is 2.55. The molecule has 0 heterocycles. The topological polar surface area (TPSA) is 46.5 Å². The minimum atomic E-state index is -0.913. The highest BCUT2D eigenvalue weighted by molar-refractivity contribution is 6.22. The van der Waals surface area contributed by atoms with Crippen molar-refractivity contribution >= 4 is 17.6 Å². The summed E-state index contributed by atoms with van der Waals surface area (Å²) in [5.41, 5.74) is 1.78. The lowest BCUT2D eigenvalue weighted by molar-refractivity contribution is -0.137. The maximum Gasteiger partial charge on any atom is 0.305 e. The molecule has 4 heteroatoms. The molecule has 0 aromatic heterocycles. The van der Waals surface area contributed by atoms with Crippen LogP contribution in [-0.2, 0) is 4.79 Å². The van der Waals surface area contributed by atoms with Gasteiger partial charge in [-0.1, -0.05) is 17.7 Å². The fourth-order valence-electron chi connectivity index (χ4n) is 1.46. The number of benzene rings is 1. The molecule has 88 valence electrons. The van der Waals surface area contributed by atoms with Gasteiger partial charge in [-0.15, -0.1) is 11.6 Å². The predicted octanol–water partition coefficient (Wildman–Crippen LogP) is 3.15. The van der Waals surface area contributed by atoms with Crippen LogP contribution in [-0.4, -0.2) is 17.7 Å². The third kappa shape index (κ3) is 3.42. The summed E-state index contributed by atoms with van der Waals surface area (Å²) in [5, 5.41) is 8.15. The maximum absolute atomic E-state index is 10.6. The Labute approximate surface area is 100.0 Å². The quantitative estimate of drug-likeness (QED) is 0.807. The summed E-state index contributed by atoms with van der Waals surface area (Å²) in [6.45, 7) is 4.35. The van der Waals surface area contributed by atoms with Crippen LogP contribution in [0, 0.1) is 6.92 Å². The van der Waals surface area contributed by atoms with Gasteiger partial charge in [-0.2, -0.15) is 0 Å². The predicted molar refractivity (Wildman–Crippen MR) is 63.2 cm³/mol. The van der Waals surface area contributed by atoms with Gasteiger partial charge in [0, 0.05) is 5.56 Å². The summed E-state index contributed by atoms with van der Waals surface area (Å²) < 4.78 is 5.42. The summed E-state index contributed by atoms with van der Waals surface area (Å²) >= 11 is 6.05.